The quantitative estimate of drug-likeness (QED) is 0.499. The smallest absolute Gasteiger partial charge is 0.274 e. The number of benzene rings is 2. The average molecular weight is 495 g/mol. The normalized spacial score (nSPS) is 20.0. The SMILES string of the molecule is CC1=NCC(C)=C1c1ccc(NC(=O)[C@@H](NC(=O)c2nocc2C)C2c3ccccc3CC23CC3)cc1. The molecule has 2 N–H and O–H groups in total. The molecule has 1 fully saturated rings. The summed E-state index contributed by atoms with van der Waals surface area (Å²) < 4.78 is 4.98. The van der Waals surface area contributed by atoms with Crippen LogP contribution in [0.1, 0.15) is 65.3 Å². The topological polar surface area (TPSA) is 96.6 Å². The molecule has 7 heteroatoms. The Bertz CT molecular complexity index is 1460. The molecule has 7 nitrogen and oxygen atoms in total. The maximum atomic E-state index is 13.9. The van der Waals surface area contributed by atoms with Crippen molar-refractivity contribution >= 4 is 28.8 Å². The van der Waals surface area contributed by atoms with Crippen LogP contribution in [0.25, 0.3) is 5.57 Å². The maximum Gasteiger partial charge on any atom is 0.274 e. The molecular weight excluding hydrogens is 464 g/mol. The number of carbonyl (C=O) groups is 2. The van der Waals surface area contributed by atoms with Crippen LogP contribution in [0.3, 0.4) is 0 Å². The first-order valence-corrected chi connectivity index (χ1v) is 12.8. The molecule has 2 aromatic carbocycles. The van der Waals surface area contributed by atoms with Crippen LogP contribution in [0.5, 0.6) is 0 Å². The summed E-state index contributed by atoms with van der Waals surface area (Å²) in [6.45, 7) is 6.63. The van der Waals surface area contributed by atoms with Gasteiger partial charge >= 0.3 is 0 Å². The van der Waals surface area contributed by atoms with E-state index in [1.165, 1.54) is 23.0 Å². The van der Waals surface area contributed by atoms with Crippen molar-refractivity contribution < 1.29 is 14.1 Å². The highest BCUT2D eigenvalue weighted by Crippen LogP contribution is 2.64. The fourth-order valence-corrected chi connectivity index (χ4v) is 6.12. The Hall–Kier alpha value is -4.00. The summed E-state index contributed by atoms with van der Waals surface area (Å²) in [5, 5.41) is 9.97. The summed E-state index contributed by atoms with van der Waals surface area (Å²) in [7, 11) is 0. The van der Waals surface area contributed by atoms with Gasteiger partial charge in [0, 0.05) is 28.5 Å². The molecule has 6 rings (SSSR count). The van der Waals surface area contributed by atoms with E-state index in [9.17, 15) is 9.59 Å². The molecule has 0 bridgehead atoms. The molecule has 0 radical (unpaired) electrons. The lowest BCUT2D eigenvalue weighted by Gasteiger charge is -2.29. The van der Waals surface area contributed by atoms with Gasteiger partial charge in [0.1, 0.15) is 12.3 Å². The molecule has 2 aliphatic carbocycles. The van der Waals surface area contributed by atoms with Crippen molar-refractivity contribution in [2.75, 3.05) is 11.9 Å². The zero-order chi connectivity index (χ0) is 25.7. The second-order valence-corrected chi connectivity index (χ2v) is 10.6. The minimum absolute atomic E-state index is 0.00500. The largest absolute Gasteiger partial charge is 0.364 e. The summed E-state index contributed by atoms with van der Waals surface area (Å²) in [5.41, 5.74) is 8.47. The number of hydrogen-bond donors (Lipinski definition) is 2. The van der Waals surface area contributed by atoms with Crippen molar-refractivity contribution in [3.8, 4) is 0 Å². The molecule has 2 atom stereocenters. The standard InChI is InChI=1S/C30H30N4O3/c1-17-15-31-19(3)24(17)20-8-10-22(11-9-20)32-29(36)27(33-28(35)26-18(2)16-37-34-26)25-23-7-5-4-6-21(23)14-30(25)12-13-30/h4-11,16,25,27H,12-15H2,1-3H3,(H,32,36)(H,33,35)/t25?,27-/m0/s1. The number of aryl methyl sites for hydroxylation is 1. The van der Waals surface area contributed by atoms with Crippen LogP contribution >= 0.6 is 0 Å². The van der Waals surface area contributed by atoms with Crippen LogP contribution in [0.2, 0.25) is 0 Å². The van der Waals surface area contributed by atoms with Crippen molar-refractivity contribution in [1.82, 2.24) is 10.5 Å². The fraction of sp³-hybridized carbons (Fsp3) is 0.333. The van der Waals surface area contributed by atoms with Crippen LogP contribution in [0.4, 0.5) is 5.69 Å². The third-order valence-electron chi connectivity index (χ3n) is 8.13. The van der Waals surface area contributed by atoms with E-state index in [2.05, 4.69) is 39.8 Å². The molecular formula is C30H30N4O3. The van der Waals surface area contributed by atoms with Crippen molar-refractivity contribution in [3.05, 3.63) is 88.3 Å². The van der Waals surface area contributed by atoms with Crippen LogP contribution in [-0.2, 0) is 11.2 Å². The lowest BCUT2D eigenvalue weighted by Crippen LogP contribution is -2.49. The van der Waals surface area contributed by atoms with Gasteiger partial charge in [-0.15, -0.1) is 0 Å². The Kier molecular flexibility index (Phi) is 5.59. The van der Waals surface area contributed by atoms with Crippen molar-refractivity contribution in [2.24, 2.45) is 10.4 Å². The Labute approximate surface area is 216 Å². The zero-order valence-electron chi connectivity index (χ0n) is 21.3. The van der Waals surface area contributed by atoms with Crippen LogP contribution in [0.15, 0.2) is 69.9 Å². The summed E-state index contributed by atoms with van der Waals surface area (Å²) in [4.78, 5) is 31.6. The number of anilines is 1. The van der Waals surface area contributed by atoms with Gasteiger partial charge in [-0.3, -0.25) is 14.6 Å². The van der Waals surface area contributed by atoms with Crippen molar-refractivity contribution in [3.63, 3.8) is 0 Å². The summed E-state index contributed by atoms with van der Waals surface area (Å²) >= 11 is 0. The van der Waals surface area contributed by atoms with E-state index < -0.39 is 11.9 Å². The van der Waals surface area contributed by atoms with E-state index in [1.807, 2.05) is 43.3 Å². The third-order valence-corrected chi connectivity index (χ3v) is 8.13. The monoisotopic (exact) mass is 494 g/mol. The van der Waals surface area contributed by atoms with Gasteiger partial charge in [0.15, 0.2) is 5.69 Å². The van der Waals surface area contributed by atoms with Gasteiger partial charge in [0.25, 0.3) is 5.91 Å². The highest BCUT2D eigenvalue weighted by molar-refractivity contribution is 6.25. The van der Waals surface area contributed by atoms with Crippen molar-refractivity contribution in [1.29, 1.82) is 0 Å². The van der Waals surface area contributed by atoms with Gasteiger partial charge in [-0.05, 0) is 79.8 Å². The number of aromatic nitrogens is 1. The Morgan fingerprint density at radius 3 is 2.46 bits per heavy atom. The Balaban J connectivity index is 1.30. The van der Waals surface area contributed by atoms with Crippen LogP contribution in [-0.4, -0.2) is 35.3 Å². The van der Waals surface area contributed by atoms with Crippen LogP contribution < -0.4 is 10.6 Å². The van der Waals surface area contributed by atoms with Gasteiger partial charge in [0.05, 0.1) is 6.54 Å². The average Bonchev–Trinajstić information content (AvgIpc) is 3.21. The maximum absolute atomic E-state index is 13.9. The number of allylic oxidation sites excluding steroid dienone is 1. The highest BCUT2D eigenvalue weighted by atomic mass is 16.5. The van der Waals surface area contributed by atoms with Crippen molar-refractivity contribution in [2.45, 2.75) is 52.0 Å². The number of aliphatic imine (C=N–C) groups is 1. The molecule has 1 spiro atoms. The first kappa shape index (κ1) is 23.4. The summed E-state index contributed by atoms with van der Waals surface area (Å²) in [5.74, 6) is -0.742. The molecule has 3 aromatic rings. The second kappa shape index (κ2) is 8.83. The highest BCUT2D eigenvalue weighted by Gasteiger charge is 2.58. The molecule has 2 amide bonds. The molecule has 1 aromatic heterocycles. The molecule has 1 aliphatic heterocycles. The van der Waals surface area contributed by atoms with Gasteiger partial charge in [-0.1, -0.05) is 41.6 Å². The second-order valence-electron chi connectivity index (χ2n) is 10.6. The summed E-state index contributed by atoms with van der Waals surface area (Å²) in [6, 6.07) is 15.4. The predicted molar refractivity (Wildman–Crippen MR) is 143 cm³/mol. The minimum atomic E-state index is -0.747. The first-order chi connectivity index (χ1) is 17.9. The zero-order valence-corrected chi connectivity index (χ0v) is 21.3. The molecule has 1 saturated carbocycles. The van der Waals surface area contributed by atoms with Gasteiger partial charge in [-0.25, -0.2) is 0 Å². The third kappa shape index (κ3) is 4.08. The Morgan fingerprint density at radius 2 is 1.81 bits per heavy atom. The molecule has 2 heterocycles. The van der Waals surface area contributed by atoms with Gasteiger partial charge in [-0.2, -0.15) is 0 Å². The summed E-state index contributed by atoms with van der Waals surface area (Å²) in [6.07, 6.45) is 4.45. The predicted octanol–water partition coefficient (Wildman–Crippen LogP) is 5.09. The molecule has 37 heavy (non-hydrogen) atoms. The fourth-order valence-electron chi connectivity index (χ4n) is 6.12. The lowest BCUT2D eigenvalue weighted by molar-refractivity contribution is -0.118. The molecule has 3 aliphatic rings. The van der Waals surface area contributed by atoms with Crippen LogP contribution in [0, 0.1) is 12.3 Å². The number of rotatable bonds is 6. The number of amides is 2. The first-order valence-electron chi connectivity index (χ1n) is 12.8. The Morgan fingerprint density at radius 1 is 1.05 bits per heavy atom. The van der Waals surface area contributed by atoms with Gasteiger partial charge < -0.3 is 15.2 Å². The number of hydrogen-bond acceptors (Lipinski definition) is 5. The van der Waals surface area contributed by atoms with E-state index in [0.29, 0.717) is 11.3 Å². The minimum Gasteiger partial charge on any atom is -0.364 e. The molecule has 0 saturated heterocycles. The number of nitrogens with one attached hydrogen (secondary N) is 2. The van der Waals surface area contributed by atoms with E-state index in [1.54, 1.807) is 6.92 Å². The number of nitrogens with zero attached hydrogens (tertiary/aromatic N) is 2. The molecule has 1 unspecified atom stereocenters. The van der Waals surface area contributed by atoms with E-state index in [4.69, 9.17) is 4.52 Å². The van der Waals surface area contributed by atoms with E-state index in [-0.39, 0.29) is 22.9 Å². The van der Waals surface area contributed by atoms with E-state index >= 15 is 0 Å². The molecule has 188 valence electrons. The van der Waals surface area contributed by atoms with E-state index in [0.717, 1.165) is 42.6 Å². The number of carbonyl (C=O) groups excluding carboxylic acids is 2. The number of fused-ring (bicyclic) bond motifs is 1. The van der Waals surface area contributed by atoms with Gasteiger partial charge in [0.2, 0.25) is 5.91 Å². The lowest BCUT2D eigenvalue weighted by atomic mass is 9.82.